The molecule has 3 amide bonds. The van der Waals surface area contributed by atoms with Crippen LogP contribution in [0.2, 0.25) is 0 Å². The van der Waals surface area contributed by atoms with E-state index in [4.69, 9.17) is 15.5 Å². The Labute approximate surface area is 310 Å². The summed E-state index contributed by atoms with van der Waals surface area (Å²) >= 11 is 1.40. The van der Waals surface area contributed by atoms with Crippen molar-refractivity contribution in [1.82, 2.24) is 15.2 Å². The molecule has 5 atom stereocenters. The van der Waals surface area contributed by atoms with Crippen LogP contribution in [0.1, 0.15) is 145 Å². The molecule has 0 aliphatic heterocycles. The number of thiazole rings is 1. The molecule has 3 rings (SSSR count). The van der Waals surface area contributed by atoms with E-state index in [1.54, 1.807) is 5.38 Å². The molecule has 1 aliphatic carbocycles. The van der Waals surface area contributed by atoms with Crippen molar-refractivity contribution < 1.29 is 29.0 Å². The molecule has 1 heterocycles. The van der Waals surface area contributed by atoms with Crippen LogP contribution in [0.4, 0.5) is 0 Å². The predicted molar refractivity (Wildman–Crippen MR) is 206 cm³/mol. The smallest absolute Gasteiger partial charge is 0.311 e. The van der Waals surface area contributed by atoms with E-state index in [0.717, 1.165) is 35.4 Å². The van der Waals surface area contributed by atoms with Gasteiger partial charge in [0, 0.05) is 43.5 Å². The largest absolute Gasteiger partial charge is 0.481 e. The summed E-state index contributed by atoms with van der Waals surface area (Å²) in [6.07, 6.45) is 7.07. The number of amides is 3. The summed E-state index contributed by atoms with van der Waals surface area (Å²) in [4.78, 5) is 54.9. The zero-order valence-corrected chi connectivity index (χ0v) is 33.1. The predicted octanol–water partition coefficient (Wildman–Crippen LogP) is 6.85. The third-order valence-corrected chi connectivity index (χ3v) is 9.87. The van der Waals surface area contributed by atoms with Gasteiger partial charge in [0.15, 0.2) is 0 Å². The van der Waals surface area contributed by atoms with Gasteiger partial charge in [0.1, 0.15) is 16.8 Å². The van der Waals surface area contributed by atoms with Crippen LogP contribution in [0.5, 0.6) is 0 Å². The van der Waals surface area contributed by atoms with Gasteiger partial charge in [0.2, 0.25) is 11.8 Å². The average molecular weight is 732 g/mol. The third kappa shape index (κ3) is 15.8. The number of rotatable bonds is 18. The number of hydrogen-bond acceptors (Lipinski definition) is 8. The van der Waals surface area contributed by atoms with E-state index in [2.05, 4.69) is 66.4 Å². The number of aliphatic carboxylic acids is 1. The Hall–Kier alpha value is -3.35. The number of primary amides is 1. The Morgan fingerprint density at radius 2 is 1.69 bits per heavy atom. The fraction of sp³-hybridized carbons (Fsp3) is 0.667. The number of hydrogen-bond donors (Lipinski definition) is 4. The minimum absolute atomic E-state index is 0.0141. The molecule has 0 saturated heterocycles. The molecule has 11 nitrogen and oxygen atoms in total. The number of carbonyl (C=O) groups excluding carboxylic acids is 3. The van der Waals surface area contributed by atoms with E-state index in [0.29, 0.717) is 50.4 Å². The van der Waals surface area contributed by atoms with Crippen molar-refractivity contribution in [2.45, 2.75) is 137 Å². The lowest BCUT2D eigenvalue weighted by molar-refractivity contribution is -0.139. The number of ether oxygens (including phenoxy) is 1. The highest BCUT2D eigenvalue weighted by molar-refractivity contribution is 7.09. The fourth-order valence-electron chi connectivity index (χ4n) is 5.72. The van der Waals surface area contributed by atoms with Crippen LogP contribution < -0.4 is 16.8 Å². The third-order valence-electron chi connectivity index (χ3n) is 8.94. The summed E-state index contributed by atoms with van der Waals surface area (Å²) in [6, 6.07) is 7.24. The van der Waals surface area contributed by atoms with E-state index >= 15 is 0 Å². The zero-order chi connectivity index (χ0) is 38.5. The zero-order valence-electron chi connectivity index (χ0n) is 32.3. The van der Waals surface area contributed by atoms with Crippen LogP contribution in [-0.4, -0.2) is 70.5 Å². The van der Waals surface area contributed by atoms with Crippen LogP contribution in [0.15, 0.2) is 29.6 Å². The molecule has 0 spiro atoms. The van der Waals surface area contributed by atoms with Crippen LogP contribution in [-0.2, 0) is 25.5 Å². The van der Waals surface area contributed by atoms with E-state index in [1.165, 1.54) is 24.2 Å². The molecular weight excluding hydrogens is 667 g/mol. The summed E-state index contributed by atoms with van der Waals surface area (Å²) in [6.45, 7) is 18.3. The van der Waals surface area contributed by atoms with E-state index in [-0.39, 0.29) is 42.5 Å². The molecule has 6 N–H and O–H groups in total. The van der Waals surface area contributed by atoms with Crippen molar-refractivity contribution in [3.8, 4) is 0 Å². The van der Waals surface area contributed by atoms with Crippen molar-refractivity contribution in [2.75, 3.05) is 19.7 Å². The van der Waals surface area contributed by atoms with Crippen LogP contribution in [0.25, 0.3) is 0 Å². The van der Waals surface area contributed by atoms with Crippen LogP contribution in [0.3, 0.4) is 0 Å². The summed E-state index contributed by atoms with van der Waals surface area (Å²) in [5.74, 6) is -1.56. The maximum absolute atomic E-state index is 13.4. The normalized spacial score (nSPS) is 16.7. The molecule has 0 radical (unpaired) electrons. The lowest BCUT2D eigenvalue weighted by Gasteiger charge is -2.37. The van der Waals surface area contributed by atoms with Gasteiger partial charge in [-0.1, -0.05) is 98.9 Å². The van der Waals surface area contributed by atoms with Gasteiger partial charge in [-0.15, -0.1) is 11.3 Å². The molecule has 0 saturated carbocycles. The van der Waals surface area contributed by atoms with Gasteiger partial charge in [-0.2, -0.15) is 0 Å². The number of aromatic nitrogens is 1. The summed E-state index contributed by atoms with van der Waals surface area (Å²) < 4.78 is 6.30. The van der Waals surface area contributed by atoms with Crippen molar-refractivity contribution in [3.63, 3.8) is 0 Å². The molecule has 2 aromatic rings. The number of nitrogens with two attached hydrogens (primary N) is 2. The maximum atomic E-state index is 13.4. The highest BCUT2D eigenvalue weighted by Crippen LogP contribution is 2.33. The quantitative estimate of drug-likeness (QED) is 0.129. The first kappa shape index (κ1) is 45.7. The number of carboxylic acid groups (broad SMARTS) is 1. The first-order chi connectivity index (χ1) is 24.3. The van der Waals surface area contributed by atoms with E-state index < -0.39 is 17.8 Å². The summed E-state index contributed by atoms with van der Waals surface area (Å²) in [5.41, 5.74) is 11.3. The monoisotopic (exact) mass is 731 g/mol. The number of carboxylic acids is 1. The van der Waals surface area contributed by atoms with Crippen molar-refractivity contribution in [2.24, 2.45) is 23.3 Å². The number of benzene rings is 1. The summed E-state index contributed by atoms with van der Waals surface area (Å²) in [7, 11) is 0. The van der Waals surface area contributed by atoms with Gasteiger partial charge in [0.25, 0.3) is 5.91 Å². The molecule has 1 aromatic heterocycles. The van der Waals surface area contributed by atoms with Crippen LogP contribution >= 0.6 is 11.3 Å². The molecule has 1 aromatic carbocycles. The minimum Gasteiger partial charge on any atom is -0.481 e. The molecule has 0 bridgehead atoms. The van der Waals surface area contributed by atoms with E-state index in [9.17, 15) is 24.3 Å². The Kier molecular flexibility index (Phi) is 22.2. The Morgan fingerprint density at radius 1 is 1.04 bits per heavy atom. The summed E-state index contributed by atoms with van der Waals surface area (Å²) in [5, 5.41) is 15.3. The number of nitrogens with zero attached hydrogens (tertiary/aromatic N) is 2. The number of nitrogens with one attached hydrogen (secondary N) is 1. The standard InChI is InChI=1S/C33H49N3O5S.C4H10.C2H6N2O/c1-7-14-36(30(37)16-22(6)9-3)28(21(4)5)19-29(41-15-8-2)32-35-27(20-42-32)31(38)34-24-17-23-12-10-11-13-25(23)26(18-24)33(39)40;1-3-4-2;3-1-2(4)5/h10-13,20-22,24,26,28-29H,7-9,14-19H2,1-6H3,(H,34,38)(H,39,40);3-4H2,1-2H3;1,3H2,(H2,4,5)/t22-,24?,26+,28?,29?;;/m0../s1. The highest BCUT2D eigenvalue weighted by Gasteiger charge is 2.34. The van der Waals surface area contributed by atoms with Crippen molar-refractivity contribution in [3.05, 3.63) is 51.5 Å². The molecule has 12 heteroatoms. The average Bonchev–Trinajstić information content (AvgIpc) is 3.61. The fourth-order valence-corrected chi connectivity index (χ4v) is 6.58. The van der Waals surface area contributed by atoms with Gasteiger partial charge in [-0.3, -0.25) is 19.2 Å². The first-order valence-electron chi connectivity index (χ1n) is 18.7. The molecule has 0 fully saturated rings. The topological polar surface area (TPSA) is 178 Å². The second-order valence-electron chi connectivity index (χ2n) is 13.7. The molecule has 3 unspecified atom stereocenters. The number of unbranched alkanes of at least 4 members (excludes halogenated alkanes) is 1. The lowest BCUT2D eigenvalue weighted by Crippen LogP contribution is -2.45. The lowest BCUT2D eigenvalue weighted by atomic mass is 9.80. The van der Waals surface area contributed by atoms with Crippen molar-refractivity contribution >= 4 is 35.0 Å². The van der Waals surface area contributed by atoms with E-state index in [1.807, 2.05) is 29.2 Å². The number of fused-ring (bicyclic) bond motifs is 1. The van der Waals surface area contributed by atoms with Gasteiger partial charge in [-0.05, 0) is 48.6 Å². The molecule has 51 heavy (non-hydrogen) atoms. The molecular formula is C39H65N5O6S. The molecule has 288 valence electrons. The number of carbonyl (C=O) groups is 4. The van der Waals surface area contributed by atoms with Gasteiger partial charge in [-0.25, -0.2) is 4.98 Å². The van der Waals surface area contributed by atoms with Gasteiger partial charge >= 0.3 is 5.97 Å². The minimum atomic E-state index is -0.882. The second kappa shape index (κ2) is 24.8. The molecule has 1 aliphatic rings. The highest BCUT2D eigenvalue weighted by atomic mass is 32.1. The SMILES string of the molecule is CCCC.CCCOC(CC(C(C)C)N(CCC)C(=O)C[C@@H](C)CC)c1nc(C(=O)NC2Cc3ccccc3[C@H](C(=O)O)C2)cs1.NCC(N)=O. The van der Waals surface area contributed by atoms with Crippen molar-refractivity contribution in [1.29, 1.82) is 0 Å². The Morgan fingerprint density at radius 3 is 2.22 bits per heavy atom. The maximum Gasteiger partial charge on any atom is 0.311 e. The van der Waals surface area contributed by atoms with Crippen LogP contribution in [0, 0.1) is 11.8 Å². The van der Waals surface area contributed by atoms with Gasteiger partial charge < -0.3 is 31.5 Å². The Balaban J connectivity index is 0.00000129. The van der Waals surface area contributed by atoms with Gasteiger partial charge in [0.05, 0.1) is 12.5 Å². The first-order valence-corrected chi connectivity index (χ1v) is 19.6. The second-order valence-corrected chi connectivity index (χ2v) is 14.5. The Bertz CT molecular complexity index is 1330.